The fraction of sp³-hybridized carbons (Fsp3) is 0.500. The van der Waals surface area contributed by atoms with Gasteiger partial charge in [-0.2, -0.15) is 0 Å². The summed E-state index contributed by atoms with van der Waals surface area (Å²) in [4.78, 5) is 35.3. The Morgan fingerprint density at radius 3 is 2.78 bits per heavy atom. The van der Waals surface area contributed by atoms with Crippen LogP contribution in [0.15, 0.2) is 23.8 Å². The maximum Gasteiger partial charge on any atom is 0.303 e. The summed E-state index contributed by atoms with van der Waals surface area (Å²) in [7, 11) is 0. The largest absolute Gasteiger partial charge is 0.481 e. The van der Waals surface area contributed by atoms with Gasteiger partial charge in [0.05, 0.1) is 6.42 Å². The summed E-state index contributed by atoms with van der Waals surface area (Å²) in [5, 5.41) is 8.94. The van der Waals surface area contributed by atoms with E-state index in [1.54, 1.807) is 19.9 Å². The van der Waals surface area contributed by atoms with Gasteiger partial charge in [-0.1, -0.05) is 19.1 Å². The molecule has 18 heavy (non-hydrogen) atoms. The minimum absolute atomic E-state index is 0.0608. The molecular weight excluding hydrogens is 232 g/mol. The molecule has 0 amide bonds. The zero-order chi connectivity index (χ0) is 13.5. The molecule has 4 nitrogen and oxygen atoms in total. The minimum Gasteiger partial charge on any atom is -0.481 e. The Hall–Kier alpha value is -1.71. The number of fused-ring (bicyclic) bond motifs is 1. The van der Waals surface area contributed by atoms with E-state index in [4.69, 9.17) is 5.11 Å². The van der Waals surface area contributed by atoms with Crippen molar-refractivity contribution in [3.8, 4) is 0 Å². The lowest BCUT2D eigenvalue weighted by molar-refractivity contribution is -0.144. The fourth-order valence-corrected chi connectivity index (χ4v) is 3.09. The van der Waals surface area contributed by atoms with Crippen LogP contribution in [0, 0.1) is 17.3 Å². The van der Waals surface area contributed by atoms with Gasteiger partial charge < -0.3 is 5.11 Å². The molecule has 0 saturated carbocycles. The second-order valence-electron chi connectivity index (χ2n) is 5.26. The average molecular weight is 248 g/mol. The molecule has 96 valence electrons. The van der Waals surface area contributed by atoms with Crippen LogP contribution in [0.4, 0.5) is 0 Å². The van der Waals surface area contributed by atoms with Crippen LogP contribution in [-0.2, 0) is 14.4 Å². The van der Waals surface area contributed by atoms with Crippen molar-refractivity contribution in [3.63, 3.8) is 0 Å². The Balaban J connectivity index is 2.48. The molecule has 3 atom stereocenters. The molecule has 0 fully saturated rings. The number of allylic oxidation sites excluding steroid dienone is 4. The maximum atomic E-state index is 12.4. The van der Waals surface area contributed by atoms with Crippen molar-refractivity contribution >= 4 is 17.5 Å². The van der Waals surface area contributed by atoms with Gasteiger partial charge in [-0.15, -0.1) is 0 Å². The van der Waals surface area contributed by atoms with E-state index in [-0.39, 0.29) is 18.0 Å². The number of carbonyl (C=O) groups excluding carboxylic acids is 2. The highest BCUT2D eigenvalue weighted by atomic mass is 16.4. The van der Waals surface area contributed by atoms with Crippen LogP contribution in [0.5, 0.6) is 0 Å². The SMILES string of the molecule is CC1=CC(=O)[C@@H]2CC=C[C@@H](CC(=O)O)[C@@]2(C)C1=O. The molecular formula is C14H16O4. The van der Waals surface area contributed by atoms with Crippen molar-refractivity contribution < 1.29 is 19.5 Å². The van der Waals surface area contributed by atoms with Crippen LogP contribution in [0.1, 0.15) is 26.7 Å². The second kappa shape index (κ2) is 4.19. The molecule has 0 spiro atoms. The van der Waals surface area contributed by atoms with Crippen LogP contribution in [0.2, 0.25) is 0 Å². The molecule has 2 aliphatic rings. The predicted octanol–water partition coefficient (Wildman–Crippen LogP) is 1.76. The Bertz CT molecular complexity index is 486. The summed E-state index contributed by atoms with van der Waals surface area (Å²) in [5.74, 6) is -1.92. The van der Waals surface area contributed by atoms with E-state index in [0.717, 1.165) is 0 Å². The van der Waals surface area contributed by atoms with Crippen molar-refractivity contribution in [2.45, 2.75) is 26.7 Å². The normalized spacial score (nSPS) is 35.1. The molecule has 2 rings (SSSR count). The topological polar surface area (TPSA) is 71.4 Å². The molecule has 0 radical (unpaired) electrons. The van der Waals surface area contributed by atoms with E-state index in [1.165, 1.54) is 6.08 Å². The number of Topliss-reactive ketones (excluding diaryl/α,β-unsaturated/α-hetero) is 1. The lowest BCUT2D eigenvalue weighted by Crippen LogP contribution is -2.50. The maximum absolute atomic E-state index is 12.4. The highest BCUT2D eigenvalue weighted by molar-refractivity contribution is 6.12. The third kappa shape index (κ3) is 1.72. The smallest absolute Gasteiger partial charge is 0.303 e. The molecule has 0 saturated heterocycles. The molecule has 0 aromatic carbocycles. The first-order valence-corrected chi connectivity index (χ1v) is 6.02. The monoisotopic (exact) mass is 248 g/mol. The van der Waals surface area contributed by atoms with E-state index in [1.807, 2.05) is 6.08 Å². The first-order valence-electron chi connectivity index (χ1n) is 6.02. The number of carbonyl (C=O) groups is 3. The highest BCUT2D eigenvalue weighted by Crippen LogP contribution is 2.48. The fourth-order valence-electron chi connectivity index (χ4n) is 3.09. The van der Waals surface area contributed by atoms with Gasteiger partial charge in [0.15, 0.2) is 11.6 Å². The molecule has 2 aliphatic carbocycles. The van der Waals surface area contributed by atoms with E-state index >= 15 is 0 Å². The first-order chi connectivity index (χ1) is 8.37. The van der Waals surface area contributed by atoms with Crippen LogP contribution in [0.25, 0.3) is 0 Å². The van der Waals surface area contributed by atoms with Gasteiger partial charge in [-0.3, -0.25) is 14.4 Å². The van der Waals surface area contributed by atoms with Crippen LogP contribution in [0.3, 0.4) is 0 Å². The number of hydrogen-bond acceptors (Lipinski definition) is 3. The van der Waals surface area contributed by atoms with E-state index in [9.17, 15) is 14.4 Å². The number of carboxylic acids is 1. The van der Waals surface area contributed by atoms with Crippen molar-refractivity contribution in [3.05, 3.63) is 23.8 Å². The van der Waals surface area contributed by atoms with Gasteiger partial charge in [0.2, 0.25) is 0 Å². The molecule has 1 N–H and O–H groups in total. The van der Waals surface area contributed by atoms with Crippen LogP contribution in [-0.4, -0.2) is 22.6 Å². The zero-order valence-corrected chi connectivity index (χ0v) is 10.5. The lowest BCUT2D eigenvalue weighted by atomic mass is 9.56. The van der Waals surface area contributed by atoms with Gasteiger partial charge in [-0.25, -0.2) is 0 Å². The quantitative estimate of drug-likeness (QED) is 0.756. The highest BCUT2D eigenvalue weighted by Gasteiger charge is 2.52. The summed E-state index contributed by atoms with van der Waals surface area (Å²) in [6.07, 6.45) is 5.39. The molecule has 0 aromatic rings. The first kappa shape index (κ1) is 12.7. The third-order valence-corrected chi connectivity index (χ3v) is 4.18. The summed E-state index contributed by atoms with van der Waals surface area (Å²) in [6, 6.07) is 0. The summed E-state index contributed by atoms with van der Waals surface area (Å²) in [5.41, 5.74) is -0.465. The van der Waals surface area contributed by atoms with Gasteiger partial charge in [0, 0.05) is 17.3 Å². The van der Waals surface area contributed by atoms with Crippen LogP contribution < -0.4 is 0 Å². The Morgan fingerprint density at radius 1 is 1.50 bits per heavy atom. The van der Waals surface area contributed by atoms with Gasteiger partial charge in [-0.05, 0) is 25.0 Å². The van der Waals surface area contributed by atoms with E-state index < -0.39 is 23.2 Å². The number of ketones is 2. The minimum atomic E-state index is -0.945. The standard InChI is InChI=1S/C14H16O4/c1-8-6-11(15)10-5-3-4-9(7-12(16)17)14(10,2)13(8)18/h3-4,6,9-10H,5,7H2,1-2H3,(H,16,17)/t9-,10-,14+/m0/s1. The van der Waals surface area contributed by atoms with E-state index in [0.29, 0.717) is 12.0 Å². The molecule has 0 aliphatic heterocycles. The Kier molecular flexibility index (Phi) is 2.97. The van der Waals surface area contributed by atoms with Gasteiger partial charge in [0.1, 0.15) is 0 Å². The van der Waals surface area contributed by atoms with Gasteiger partial charge in [0.25, 0.3) is 0 Å². The molecule has 0 aromatic heterocycles. The summed E-state index contributed by atoms with van der Waals surface area (Å²) in [6.45, 7) is 3.35. The number of rotatable bonds is 2. The van der Waals surface area contributed by atoms with Crippen LogP contribution >= 0.6 is 0 Å². The molecule has 4 heteroatoms. The Morgan fingerprint density at radius 2 is 2.17 bits per heavy atom. The van der Waals surface area contributed by atoms with Crippen molar-refractivity contribution in [1.29, 1.82) is 0 Å². The predicted molar refractivity (Wildman–Crippen MR) is 64.9 cm³/mol. The van der Waals surface area contributed by atoms with Crippen molar-refractivity contribution in [1.82, 2.24) is 0 Å². The second-order valence-corrected chi connectivity index (χ2v) is 5.26. The third-order valence-electron chi connectivity index (χ3n) is 4.18. The Labute approximate surface area is 105 Å². The lowest BCUT2D eigenvalue weighted by Gasteiger charge is -2.44. The molecule has 0 unspecified atom stereocenters. The number of hydrogen-bond donors (Lipinski definition) is 1. The molecule has 0 bridgehead atoms. The zero-order valence-electron chi connectivity index (χ0n) is 10.5. The van der Waals surface area contributed by atoms with Crippen molar-refractivity contribution in [2.75, 3.05) is 0 Å². The number of aliphatic carboxylic acids is 1. The average Bonchev–Trinajstić information content (AvgIpc) is 2.28. The molecule has 0 heterocycles. The van der Waals surface area contributed by atoms with Gasteiger partial charge >= 0.3 is 5.97 Å². The van der Waals surface area contributed by atoms with E-state index in [2.05, 4.69) is 0 Å². The van der Waals surface area contributed by atoms with Crippen molar-refractivity contribution in [2.24, 2.45) is 17.3 Å². The summed E-state index contributed by atoms with van der Waals surface area (Å²) < 4.78 is 0. The summed E-state index contributed by atoms with van der Waals surface area (Å²) >= 11 is 0. The number of carboxylic acid groups (broad SMARTS) is 1.